The minimum atomic E-state index is 0. The zero-order chi connectivity index (χ0) is 18.2. The zero-order valence-corrected chi connectivity index (χ0v) is 18.7. The summed E-state index contributed by atoms with van der Waals surface area (Å²) in [5.41, 5.74) is 3.40. The van der Waals surface area contributed by atoms with Gasteiger partial charge in [-0.1, -0.05) is 19.1 Å². The topological polar surface area (TPSA) is 67.1 Å². The molecule has 27 heavy (non-hydrogen) atoms. The van der Waals surface area contributed by atoms with Crippen LogP contribution in [0.3, 0.4) is 0 Å². The van der Waals surface area contributed by atoms with E-state index in [0.717, 1.165) is 36.7 Å². The molecule has 0 aliphatic carbocycles. The van der Waals surface area contributed by atoms with Gasteiger partial charge >= 0.3 is 0 Å². The molecule has 0 saturated heterocycles. The van der Waals surface area contributed by atoms with Crippen molar-refractivity contribution < 1.29 is 0 Å². The summed E-state index contributed by atoms with van der Waals surface area (Å²) in [6.07, 6.45) is 5.64. The van der Waals surface area contributed by atoms with Crippen molar-refractivity contribution in [2.45, 2.75) is 26.3 Å². The molecule has 8 heteroatoms. The first kappa shape index (κ1) is 21.4. The number of hydrogen-bond donors (Lipinski definition) is 2. The Morgan fingerprint density at radius 1 is 1.22 bits per heavy atom. The highest BCUT2D eigenvalue weighted by Crippen LogP contribution is 2.10. The highest BCUT2D eigenvalue weighted by Gasteiger charge is 2.03. The lowest BCUT2D eigenvalue weighted by Crippen LogP contribution is -2.37. The molecule has 0 fully saturated rings. The molecule has 2 heterocycles. The molecule has 0 bridgehead atoms. The molecule has 3 aromatic rings. The quantitative estimate of drug-likeness (QED) is 0.299. The number of benzene rings is 1. The third-order valence-electron chi connectivity index (χ3n) is 3.97. The van der Waals surface area contributed by atoms with Crippen molar-refractivity contribution in [3.8, 4) is 5.69 Å². The molecule has 3 rings (SSSR count). The minimum Gasteiger partial charge on any atom is -0.356 e. The summed E-state index contributed by atoms with van der Waals surface area (Å²) in [4.78, 5) is 8.83. The van der Waals surface area contributed by atoms with Crippen molar-refractivity contribution in [3.05, 3.63) is 64.4 Å². The standard InChI is InChI=1S/C19H24N6S.HI/c1-3-18-24-16(14-26-18)13-22-19(20-2)21-11-9-15-5-7-17(8-6-15)25-12-4-10-23-25;/h4-8,10,12,14H,3,9,11,13H2,1-2H3,(H2,20,21,22);1H. The number of aryl methyl sites for hydroxylation is 1. The summed E-state index contributed by atoms with van der Waals surface area (Å²) in [6.45, 7) is 3.63. The van der Waals surface area contributed by atoms with Crippen LogP contribution in [0.2, 0.25) is 0 Å². The summed E-state index contributed by atoms with van der Waals surface area (Å²) in [6, 6.07) is 10.4. The molecule has 0 saturated carbocycles. The molecule has 2 aromatic heterocycles. The number of thiazole rings is 1. The SMILES string of the molecule is CCc1nc(CNC(=NC)NCCc2ccc(-n3cccn3)cc2)cs1.I. The fraction of sp³-hybridized carbons (Fsp3) is 0.316. The first-order valence-corrected chi connectivity index (χ1v) is 9.63. The fourth-order valence-corrected chi connectivity index (χ4v) is 3.29. The van der Waals surface area contributed by atoms with Gasteiger partial charge in [0.05, 0.1) is 22.9 Å². The molecular formula is C19H25IN6S. The van der Waals surface area contributed by atoms with E-state index < -0.39 is 0 Å². The van der Waals surface area contributed by atoms with E-state index in [1.807, 2.05) is 16.9 Å². The molecule has 0 aliphatic rings. The van der Waals surface area contributed by atoms with Gasteiger partial charge in [-0.3, -0.25) is 4.99 Å². The maximum atomic E-state index is 4.56. The van der Waals surface area contributed by atoms with Gasteiger partial charge in [0.2, 0.25) is 0 Å². The Bertz CT molecular complexity index is 826. The van der Waals surface area contributed by atoms with Crippen molar-refractivity contribution in [3.63, 3.8) is 0 Å². The Morgan fingerprint density at radius 2 is 2.04 bits per heavy atom. The van der Waals surface area contributed by atoms with Gasteiger partial charge in [0, 0.05) is 31.4 Å². The predicted octanol–water partition coefficient (Wildman–Crippen LogP) is 3.42. The van der Waals surface area contributed by atoms with Crippen LogP contribution in [0.15, 0.2) is 53.1 Å². The van der Waals surface area contributed by atoms with E-state index in [2.05, 4.69) is 62.3 Å². The molecule has 144 valence electrons. The average molecular weight is 496 g/mol. The summed E-state index contributed by atoms with van der Waals surface area (Å²) < 4.78 is 1.86. The monoisotopic (exact) mass is 496 g/mol. The first-order valence-electron chi connectivity index (χ1n) is 8.75. The largest absolute Gasteiger partial charge is 0.356 e. The molecule has 0 unspecified atom stereocenters. The van der Waals surface area contributed by atoms with E-state index in [-0.39, 0.29) is 24.0 Å². The smallest absolute Gasteiger partial charge is 0.191 e. The van der Waals surface area contributed by atoms with Crippen molar-refractivity contribution in [2.24, 2.45) is 4.99 Å². The van der Waals surface area contributed by atoms with Gasteiger partial charge in [0.25, 0.3) is 0 Å². The van der Waals surface area contributed by atoms with Crippen LogP contribution in [0.1, 0.15) is 23.2 Å². The van der Waals surface area contributed by atoms with Gasteiger partial charge in [0.1, 0.15) is 0 Å². The summed E-state index contributed by atoms with van der Waals surface area (Å²) in [7, 11) is 1.78. The lowest BCUT2D eigenvalue weighted by Gasteiger charge is -2.11. The normalized spacial score (nSPS) is 11.1. The van der Waals surface area contributed by atoms with E-state index >= 15 is 0 Å². The third-order valence-corrected chi connectivity index (χ3v) is 5.02. The second-order valence-electron chi connectivity index (χ2n) is 5.81. The Morgan fingerprint density at radius 3 is 2.67 bits per heavy atom. The van der Waals surface area contributed by atoms with E-state index in [4.69, 9.17) is 0 Å². The minimum absolute atomic E-state index is 0. The number of nitrogens with zero attached hydrogens (tertiary/aromatic N) is 4. The predicted molar refractivity (Wildman–Crippen MR) is 122 cm³/mol. The summed E-state index contributed by atoms with van der Waals surface area (Å²) in [5, 5.41) is 14.2. The van der Waals surface area contributed by atoms with Crippen LogP contribution in [0.4, 0.5) is 0 Å². The van der Waals surface area contributed by atoms with Crippen molar-refractivity contribution in [1.29, 1.82) is 0 Å². The maximum absolute atomic E-state index is 4.56. The number of aliphatic imine (C=N–C) groups is 1. The van der Waals surface area contributed by atoms with E-state index in [1.54, 1.807) is 24.6 Å². The molecule has 1 aromatic carbocycles. The number of halogens is 1. The van der Waals surface area contributed by atoms with Gasteiger partial charge < -0.3 is 10.6 Å². The van der Waals surface area contributed by atoms with Gasteiger partial charge in [-0.2, -0.15) is 5.10 Å². The van der Waals surface area contributed by atoms with Crippen LogP contribution in [0.25, 0.3) is 5.69 Å². The Balaban J connectivity index is 0.00000261. The Hall–Kier alpha value is -1.94. The van der Waals surface area contributed by atoms with Crippen molar-refractivity contribution in [2.75, 3.05) is 13.6 Å². The van der Waals surface area contributed by atoms with Crippen LogP contribution < -0.4 is 10.6 Å². The number of hydrogen-bond acceptors (Lipinski definition) is 4. The molecule has 0 atom stereocenters. The number of aromatic nitrogens is 3. The Labute approximate surface area is 181 Å². The molecule has 0 spiro atoms. The third kappa shape index (κ3) is 6.31. The second kappa shape index (κ2) is 11.0. The van der Waals surface area contributed by atoms with Gasteiger partial charge in [0.15, 0.2) is 5.96 Å². The van der Waals surface area contributed by atoms with Crippen LogP contribution >= 0.6 is 35.3 Å². The average Bonchev–Trinajstić information content (AvgIpc) is 3.36. The van der Waals surface area contributed by atoms with Gasteiger partial charge in [-0.05, 0) is 36.6 Å². The van der Waals surface area contributed by atoms with Gasteiger partial charge in [-0.15, -0.1) is 35.3 Å². The van der Waals surface area contributed by atoms with Gasteiger partial charge in [-0.25, -0.2) is 9.67 Å². The van der Waals surface area contributed by atoms with Crippen LogP contribution in [-0.4, -0.2) is 34.3 Å². The zero-order valence-electron chi connectivity index (χ0n) is 15.6. The van der Waals surface area contributed by atoms with Crippen molar-refractivity contribution >= 4 is 41.3 Å². The summed E-state index contributed by atoms with van der Waals surface area (Å²) >= 11 is 1.71. The van der Waals surface area contributed by atoms with E-state index in [1.165, 1.54) is 10.6 Å². The van der Waals surface area contributed by atoms with E-state index in [0.29, 0.717) is 6.54 Å². The molecule has 0 radical (unpaired) electrons. The van der Waals surface area contributed by atoms with Crippen LogP contribution in [0, 0.1) is 0 Å². The highest BCUT2D eigenvalue weighted by atomic mass is 127. The molecule has 6 nitrogen and oxygen atoms in total. The lowest BCUT2D eigenvalue weighted by atomic mass is 10.1. The fourth-order valence-electron chi connectivity index (χ4n) is 2.55. The number of nitrogens with one attached hydrogen (secondary N) is 2. The van der Waals surface area contributed by atoms with Crippen LogP contribution in [-0.2, 0) is 19.4 Å². The Kier molecular flexibility index (Phi) is 8.73. The molecular weight excluding hydrogens is 471 g/mol. The second-order valence-corrected chi connectivity index (χ2v) is 6.75. The van der Waals surface area contributed by atoms with Crippen molar-refractivity contribution in [1.82, 2.24) is 25.4 Å². The first-order chi connectivity index (χ1) is 12.8. The maximum Gasteiger partial charge on any atom is 0.191 e. The molecule has 2 N–H and O–H groups in total. The number of guanidine groups is 1. The van der Waals surface area contributed by atoms with E-state index in [9.17, 15) is 0 Å². The number of rotatable bonds is 7. The molecule has 0 aliphatic heterocycles. The molecule has 0 amide bonds. The lowest BCUT2D eigenvalue weighted by molar-refractivity contribution is 0.783. The summed E-state index contributed by atoms with van der Waals surface area (Å²) in [5.74, 6) is 0.796. The highest BCUT2D eigenvalue weighted by molar-refractivity contribution is 14.0. The van der Waals surface area contributed by atoms with Crippen LogP contribution in [0.5, 0.6) is 0 Å².